The van der Waals surface area contributed by atoms with Crippen LogP contribution in [0, 0.1) is 0 Å². The summed E-state index contributed by atoms with van der Waals surface area (Å²) in [5, 5.41) is 11.3. The Labute approximate surface area is 161 Å². The minimum Gasteiger partial charge on any atom is -0.337 e. The van der Waals surface area contributed by atoms with Gasteiger partial charge in [-0.15, -0.1) is 11.3 Å². The molecule has 0 aliphatic carbocycles. The molecule has 7 heteroatoms. The minimum atomic E-state index is -0.231. The van der Waals surface area contributed by atoms with E-state index < -0.39 is 0 Å². The van der Waals surface area contributed by atoms with Crippen molar-refractivity contribution in [2.45, 2.75) is 13.3 Å². The summed E-state index contributed by atoms with van der Waals surface area (Å²) in [6.45, 7) is 1.98. The molecule has 0 bridgehead atoms. The van der Waals surface area contributed by atoms with Crippen LogP contribution in [0.1, 0.15) is 12.6 Å². The number of hydrogen-bond acceptors (Lipinski definition) is 4. The number of amides is 3. The van der Waals surface area contributed by atoms with Gasteiger partial charge in [0.2, 0.25) is 5.91 Å². The van der Waals surface area contributed by atoms with E-state index in [0.29, 0.717) is 13.0 Å². The number of aromatic nitrogens is 1. The first-order valence-corrected chi connectivity index (χ1v) is 9.40. The molecule has 1 heterocycles. The van der Waals surface area contributed by atoms with E-state index in [4.69, 9.17) is 0 Å². The van der Waals surface area contributed by atoms with Crippen LogP contribution in [-0.4, -0.2) is 23.5 Å². The van der Waals surface area contributed by atoms with Crippen molar-refractivity contribution >= 4 is 34.6 Å². The van der Waals surface area contributed by atoms with E-state index in [2.05, 4.69) is 20.9 Å². The second-order valence-electron chi connectivity index (χ2n) is 5.90. The Bertz CT molecular complexity index is 907. The fourth-order valence-electron chi connectivity index (χ4n) is 2.45. The highest BCUT2D eigenvalue weighted by Crippen LogP contribution is 2.25. The van der Waals surface area contributed by atoms with Crippen LogP contribution >= 0.6 is 11.3 Å². The summed E-state index contributed by atoms with van der Waals surface area (Å²) < 4.78 is 0. The normalized spacial score (nSPS) is 10.3. The molecule has 6 nitrogen and oxygen atoms in total. The number of hydrogen-bond donors (Lipinski definition) is 3. The van der Waals surface area contributed by atoms with Crippen molar-refractivity contribution in [3.05, 3.63) is 65.7 Å². The minimum absolute atomic E-state index is 0.0944. The van der Waals surface area contributed by atoms with Gasteiger partial charge in [-0.1, -0.05) is 18.2 Å². The van der Waals surface area contributed by atoms with Gasteiger partial charge < -0.3 is 16.0 Å². The molecule has 0 spiro atoms. The maximum absolute atomic E-state index is 11.9. The van der Waals surface area contributed by atoms with Crippen LogP contribution in [0.3, 0.4) is 0 Å². The summed E-state index contributed by atoms with van der Waals surface area (Å²) in [5.41, 5.74) is 3.45. The number of anilines is 2. The van der Waals surface area contributed by atoms with Crippen LogP contribution in [0.4, 0.5) is 16.2 Å². The molecule has 0 fully saturated rings. The van der Waals surface area contributed by atoms with Crippen LogP contribution in [0.2, 0.25) is 0 Å². The zero-order valence-corrected chi connectivity index (χ0v) is 15.7. The molecular formula is C20H20N4O2S. The number of benzene rings is 2. The van der Waals surface area contributed by atoms with E-state index in [0.717, 1.165) is 27.6 Å². The number of carbonyl (C=O) groups is 2. The molecule has 3 amide bonds. The first-order valence-electron chi connectivity index (χ1n) is 8.52. The topological polar surface area (TPSA) is 83.1 Å². The average molecular weight is 380 g/mol. The van der Waals surface area contributed by atoms with Gasteiger partial charge in [-0.2, -0.15) is 0 Å². The van der Waals surface area contributed by atoms with Gasteiger partial charge >= 0.3 is 6.03 Å². The first-order chi connectivity index (χ1) is 13.1. The van der Waals surface area contributed by atoms with Crippen molar-refractivity contribution in [3.8, 4) is 10.6 Å². The van der Waals surface area contributed by atoms with Gasteiger partial charge in [-0.05, 0) is 36.4 Å². The molecular weight excluding hydrogens is 360 g/mol. The van der Waals surface area contributed by atoms with E-state index in [9.17, 15) is 9.59 Å². The van der Waals surface area contributed by atoms with Gasteiger partial charge in [-0.25, -0.2) is 9.78 Å². The Balaban J connectivity index is 1.49. The monoisotopic (exact) mass is 380 g/mol. The zero-order chi connectivity index (χ0) is 19.1. The van der Waals surface area contributed by atoms with Gasteiger partial charge in [0.25, 0.3) is 0 Å². The lowest BCUT2D eigenvalue weighted by molar-refractivity contribution is -0.114. The summed E-state index contributed by atoms with van der Waals surface area (Å²) >= 11 is 1.56. The highest BCUT2D eigenvalue weighted by atomic mass is 32.1. The molecule has 0 saturated heterocycles. The lowest BCUT2D eigenvalue weighted by Crippen LogP contribution is -2.30. The van der Waals surface area contributed by atoms with Gasteiger partial charge in [0, 0.05) is 42.2 Å². The molecule has 0 saturated carbocycles. The first kappa shape index (κ1) is 18.6. The van der Waals surface area contributed by atoms with Crippen LogP contribution in [0.5, 0.6) is 0 Å². The number of urea groups is 1. The third kappa shape index (κ3) is 5.65. The second kappa shape index (κ2) is 8.95. The highest BCUT2D eigenvalue weighted by Gasteiger charge is 2.06. The lowest BCUT2D eigenvalue weighted by Gasteiger charge is -2.06. The maximum atomic E-state index is 11.9. The summed E-state index contributed by atoms with van der Waals surface area (Å²) in [4.78, 5) is 27.5. The van der Waals surface area contributed by atoms with E-state index in [1.165, 1.54) is 6.92 Å². The fraction of sp³-hybridized carbons (Fsp3) is 0.150. The van der Waals surface area contributed by atoms with E-state index in [1.807, 2.05) is 60.0 Å². The summed E-state index contributed by atoms with van der Waals surface area (Å²) in [7, 11) is 0. The van der Waals surface area contributed by atoms with Gasteiger partial charge in [-0.3, -0.25) is 4.79 Å². The largest absolute Gasteiger partial charge is 0.337 e. The van der Waals surface area contributed by atoms with Crippen molar-refractivity contribution in [2.75, 3.05) is 17.2 Å². The molecule has 138 valence electrons. The molecule has 1 aromatic heterocycles. The molecule has 0 aliphatic heterocycles. The van der Waals surface area contributed by atoms with Crippen molar-refractivity contribution in [1.82, 2.24) is 10.3 Å². The Morgan fingerprint density at radius 1 is 0.963 bits per heavy atom. The summed E-state index contributed by atoms with van der Waals surface area (Å²) in [6, 6.07) is 16.7. The Kier molecular flexibility index (Phi) is 6.17. The molecule has 2 aromatic carbocycles. The zero-order valence-electron chi connectivity index (χ0n) is 14.9. The van der Waals surface area contributed by atoms with E-state index in [1.54, 1.807) is 11.3 Å². The predicted octanol–water partition coefficient (Wildman–Crippen LogP) is 4.13. The second-order valence-corrected chi connectivity index (χ2v) is 6.76. The Hall–Kier alpha value is -3.19. The number of thiazole rings is 1. The van der Waals surface area contributed by atoms with Crippen molar-refractivity contribution in [2.24, 2.45) is 0 Å². The van der Waals surface area contributed by atoms with Gasteiger partial charge in [0.1, 0.15) is 5.01 Å². The fourth-order valence-corrected chi connectivity index (χ4v) is 3.32. The van der Waals surface area contributed by atoms with Crippen LogP contribution in [0.25, 0.3) is 10.6 Å². The molecule has 27 heavy (non-hydrogen) atoms. The van der Waals surface area contributed by atoms with Crippen LogP contribution < -0.4 is 16.0 Å². The highest BCUT2D eigenvalue weighted by molar-refractivity contribution is 7.13. The molecule has 3 rings (SSSR count). The van der Waals surface area contributed by atoms with E-state index in [-0.39, 0.29) is 11.9 Å². The standard InChI is InChI=1S/C20H20N4O2S/c1-14(25)22-17-9-7-15(8-10-17)19-23-18(13-27-19)11-12-21-20(26)24-16-5-3-2-4-6-16/h2-10,13H,11-12H2,1H3,(H,22,25)(H2,21,24,26). The molecule has 0 unspecified atom stereocenters. The molecule has 0 radical (unpaired) electrons. The number of carbonyl (C=O) groups excluding carboxylic acids is 2. The molecule has 3 aromatic rings. The summed E-state index contributed by atoms with van der Waals surface area (Å²) in [6.07, 6.45) is 0.655. The Morgan fingerprint density at radius 2 is 1.67 bits per heavy atom. The number of rotatable bonds is 6. The Morgan fingerprint density at radius 3 is 2.37 bits per heavy atom. The summed E-state index contributed by atoms with van der Waals surface area (Å²) in [5.74, 6) is -0.0944. The number of nitrogens with zero attached hydrogens (tertiary/aromatic N) is 1. The molecule has 0 aliphatic rings. The molecule has 0 atom stereocenters. The van der Waals surface area contributed by atoms with Crippen molar-refractivity contribution in [3.63, 3.8) is 0 Å². The lowest BCUT2D eigenvalue weighted by atomic mass is 10.2. The third-order valence-electron chi connectivity index (χ3n) is 3.70. The van der Waals surface area contributed by atoms with Crippen LogP contribution in [0.15, 0.2) is 60.0 Å². The van der Waals surface area contributed by atoms with Crippen LogP contribution in [-0.2, 0) is 11.2 Å². The maximum Gasteiger partial charge on any atom is 0.319 e. The SMILES string of the molecule is CC(=O)Nc1ccc(-c2nc(CCNC(=O)Nc3ccccc3)cs2)cc1. The van der Waals surface area contributed by atoms with Crippen molar-refractivity contribution in [1.29, 1.82) is 0 Å². The number of para-hydroxylation sites is 1. The third-order valence-corrected chi connectivity index (χ3v) is 4.64. The predicted molar refractivity (Wildman–Crippen MR) is 109 cm³/mol. The average Bonchev–Trinajstić information content (AvgIpc) is 3.11. The van der Waals surface area contributed by atoms with E-state index >= 15 is 0 Å². The smallest absolute Gasteiger partial charge is 0.319 e. The number of nitrogens with one attached hydrogen (secondary N) is 3. The van der Waals surface area contributed by atoms with Crippen molar-refractivity contribution < 1.29 is 9.59 Å². The molecule has 3 N–H and O–H groups in total. The quantitative estimate of drug-likeness (QED) is 0.601. The van der Waals surface area contributed by atoms with Gasteiger partial charge in [0.05, 0.1) is 5.69 Å². The van der Waals surface area contributed by atoms with Gasteiger partial charge in [0.15, 0.2) is 0 Å².